The lowest BCUT2D eigenvalue weighted by Crippen LogP contribution is -2.31. The maximum Gasteiger partial charge on any atom is 0.320 e. The van der Waals surface area contributed by atoms with Crippen LogP contribution >= 0.6 is 11.6 Å². The predicted molar refractivity (Wildman–Crippen MR) is 79.5 cm³/mol. The van der Waals surface area contributed by atoms with Gasteiger partial charge in [0, 0.05) is 17.1 Å². The Balaban J connectivity index is 2.89. The van der Waals surface area contributed by atoms with E-state index in [2.05, 4.69) is 5.32 Å². The molecule has 0 aliphatic heterocycles. The van der Waals surface area contributed by atoms with E-state index in [9.17, 15) is 18.0 Å². The minimum absolute atomic E-state index is 0.0488. The van der Waals surface area contributed by atoms with Crippen LogP contribution in [0.4, 0.5) is 5.69 Å². The van der Waals surface area contributed by atoms with Gasteiger partial charge in [-0.25, -0.2) is 0 Å². The molecule has 0 bridgehead atoms. The Morgan fingerprint density at radius 2 is 2.00 bits per heavy atom. The zero-order chi connectivity index (χ0) is 17.1. The number of benzene rings is 1. The average Bonchev–Trinajstić information content (AvgIpc) is 2.38. The Morgan fingerprint density at radius 1 is 1.41 bits per heavy atom. The minimum Gasteiger partial charge on any atom is -0.480 e. The predicted octanol–water partition coefficient (Wildman–Crippen LogP) is 1.03. The second-order valence-corrected chi connectivity index (χ2v) is 6.39. The number of anilines is 1. The molecule has 0 aliphatic carbocycles. The second kappa shape index (κ2) is 7.05. The third-order valence-electron chi connectivity index (χ3n) is 2.86. The van der Waals surface area contributed by atoms with E-state index in [1.165, 1.54) is 13.0 Å². The fourth-order valence-electron chi connectivity index (χ4n) is 1.63. The smallest absolute Gasteiger partial charge is 0.320 e. The van der Waals surface area contributed by atoms with Crippen LogP contribution in [0.25, 0.3) is 0 Å². The lowest BCUT2D eigenvalue weighted by atomic mass is 10.1. The van der Waals surface area contributed by atoms with Crippen molar-refractivity contribution in [1.82, 2.24) is 0 Å². The molecule has 0 spiro atoms. The number of halogens is 1. The number of nitrogens with one attached hydrogen (secondary N) is 1. The first-order valence-electron chi connectivity index (χ1n) is 6.08. The fourth-order valence-corrected chi connectivity index (χ4v) is 2.68. The summed E-state index contributed by atoms with van der Waals surface area (Å²) in [6, 6.07) is 1.22. The van der Waals surface area contributed by atoms with Gasteiger partial charge in [-0.15, -0.1) is 0 Å². The number of amides is 1. The molecule has 5 N–H and O–H groups in total. The Kier molecular flexibility index (Phi) is 5.89. The molecule has 0 heterocycles. The highest BCUT2D eigenvalue weighted by atomic mass is 35.5. The zero-order valence-corrected chi connectivity index (χ0v) is 13.1. The molecular formula is C12H15ClN2O6S. The molecule has 1 amide bonds. The van der Waals surface area contributed by atoms with Crippen LogP contribution in [0.2, 0.25) is 5.02 Å². The van der Waals surface area contributed by atoms with Gasteiger partial charge >= 0.3 is 5.97 Å². The van der Waals surface area contributed by atoms with E-state index < -0.39 is 32.9 Å². The van der Waals surface area contributed by atoms with Crippen molar-refractivity contribution in [2.45, 2.75) is 30.7 Å². The van der Waals surface area contributed by atoms with Crippen molar-refractivity contribution in [3.63, 3.8) is 0 Å². The zero-order valence-electron chi connectivity index (χ0n) is 11.5. The van der Waals surface area contributed by atoms with E-state index in [1.54, 1.807) is 0 Å². The van der Waals surface area contributed by atoms with Gasteiger partial charge in [0.2, 0.25) is 5.91 Å². The van der Waals surface area contributed by atoms with Gasteiger partial charge in [-0.2, -0.15) is 8.42 Å². The number of hydrogen-bond donors (Lipinski definition) is 4. The molecule has 10 heteroatoms. The standard InChI is InChI=1S/C12H15ClN2O6S/c1-6-8(13)4-7(5-10(6)22(19,20)21)15-11(16)3-2-9(14)12(17)18/h4-5,9H,2-3,14H2,1H3,(H,15,16)(H,17,18)(H,19,20,21)/t9-/m0/s1. The van der Waals surface area contributed by atoms with Crippen molar-refractivity contribution in [2.24, 2.45) is 5.73 Å². The van der Waals surface area contributed by atoms with Crippen LogP contribution in [0.15, 0.2) is 17.0 Å². The molecule has 0 saturated carbocycles. The van der Waals surface area contributed by atoms with Gasteiger partial charge in [-0.05, 0) is 31.0 Å². The molecule has 1 rings (SSSR count). The first kappa shape index (κ1) is 18.4. The van der Waals surface area contributed by atoms with Crippen LogP contribution in [0.1, 0.15) is 18.4 Å². The van der Waals surface area contributed by atoms with Gasteiger partial charge in [0.1, 0.15) is 10.9 Å². The fraction of sp³-hybridized carbons (Fsp3) is 0.333. The summed E-state index contributed by atoms with van der Waals surface area (Å²) in [7, 11) is -4.48. The number of carboxylic acids is 1. The number of nitrogens with two attached hydrogens (primary N) is 1. The summed E-state index contributed by atoms with van der Waals surface area (Å²) in [5, 5.41) is 11.0. The molecule has 0 aromatic heterocycles. The molecule has 8 nitrogen and oxygen atoms in total. The van der Waals surface area contributed by atoms with Crippen molar-refractivity contribution in [1.29, 1.82) is 0 Å². The van der Waals surface area contributed by atoms with E-state index in [1.807, 2.05) is 0 Å². The van der Waals surface area contributed by atoms with Gasteiger partial charge in [-0.1, -0.05) is 11.6 Å². The molecule has 1 aromatic carbocycles. The summed E-state index contributed by atoms with van der Waals surface area (Å²) in [6.45, 7) is 1.41. The summed E-state index contributed by atoms with van der Waals surface area (Å²) in [6.07, 6.45) is -0.244. The topological polar surface area (TPSA) is 147 Å². The van der Waals surface area contributed by atoms with Crippen LogP contribution in [-0.2, 0) is 19.7 Å². The molecular weight excluding hydrogens is 336 g/mol. The Morgan fingerprint density at radius 3 is 2.50 bits per heavy atom. The van der Waals surface area contributed by atoms with E-state index in [4.69, 9.17) is 27.0 Å². The van der Waals surface area contributed by atoms with E-state index in [-0.39, 0.29) is 29.1 Å². The number of carbonyl (C=O) groups is 2. The molecule has 122 valence electrons. The summed E-state index contributed by atoms with van der Waals surface area (Å²) in [5.74, 6) is -1.78. The monoisotopic (exact) mass is 350 g/mol. The summed E-state index contributed by atoms with van der Waals surface area (Å²) in [4.78, 5) is 21.8. The maximum absolute atomic E-state index is 11.7. The molecule has 0 saturated heterocycles. The van der Waals surface area contributed by atoms with Crippen molar-refractivity contribution in [2.75, 3.05) is 5.32 Å². The van der Waals surface area contributed by atoms with Gasteiger partial charge in [-0.3, -0.25) is 14.1 Å². The number of hydrogen-bond acceptors (Lipinski definition) is 5. The number of carbonyl (C=O) groups excluding carboxylic acids is 1. The third kappa shape index (κ3) is 4.95. The van der Waals surface area contributed by atoms with Crippen LogP contribution in [0, 0.1) is 6.92 Å². The lowest BCUT2D eigenvalue weighted by Gasteiger charge is -2.11. The summed E-state index contributed by atoms with van der Waals surface area (Å²) >= 11 is 5.85. The van der Waals surface area contributed by atoms with Crippen molar-refractivity contribution in [3.8, 4) is 0 Å². The quantitative estimate of drug-likeness (QED) is 0.560. The van der Waals surface area contributed by atoms with Crippen molar-refractivity contribution in [3.05, 3.63) is 22.7 Å². The number of aliphatic carboxylic acids is 1. The maximum atomic E-state index is 11.7. The van der Waals surface area contributed by atoms with Crippen LogP contribution in [0.3, 0.4) is 0 Å². The largest absolute Gasteiger partial charge is 0.480 e. The van der Waals surface area contributed by atoms with Gasteiger partial charge < -0.3 is 16.2 Å². The summed E-state index contributed by atoms with van der Waals surface area (Å²) < 4.78 is 31.6. The minimum atomic E-state index is -4.48. The highest BCUT2D eigenvalue weighted by Crippen LogP contribution is 2.27. The van der Waals surface area contributed by atoms with E-state index in [0.29, 0.717) is 0 Å². The Bertz CT molecular complexity index is 704. The lowest BCUT2D eigenvalue weighted by molar-refractivity contribution is -0.138. The number of rotatable bonds is 6. The SMILES string of the molecule is Cc1c(Cl)cc(NC(=O)CC[C@H](N)C(=O)O)cc1S(=O)(=O)O. The van der Waals surface area contributed by atoms with Gasteiger partial charge in [0.15, 0.2) is 0 Å². The van der Waals surface area contributed by atoms with Crippen LogP contribution < -0.4 is 11.1 Å². The summed E-state index contributed by atoms with van der Waals surface area (Å²) in [5.41, 5.74) is 5.49. The van der Waals surface area contributed by atoms with Crippen molar-refractivity contribution < 1.29 is 27.7 Å². The molecule has 0 fully saturated rings. The molecule has 0 radical (unpaired) electrons. The first-order valence-corrected chi connectivity index (χ1v) is 7.90. The molecule has 0 aliphatic rings. The number of carboxylic acid groups (broad SMARTS) is 1. The Labute approximate surface area is 132 Å². The van der Waals surface area contributed by atoms with E-state index in [0.717, 1.165) is 6.07 Å². The van der Waals surface area contributed by atoms with Gasteiger partial charge in [0.05, 0.1) is 0 Å². The average molecular weight is 351 g/mol. The Hall–Kier alpha value is -1.68. The van der Waals surface area contributed by atoms with Gasteiger partial charge in [0.25, 0.3) is 10.1 Å². The molecule has 1 atom stereocenters. The van der Waals surface area contributed by atoms with Crippen LogP contribution in [0.5, 0.6) is 0 Å². The highest BCUT2D eigenvalue weighted by molar-refractivity contribution is 7.85. The molecule has 22 heavy (non-hydrogen) atoms. The second-order valence-electron chi connectivity index (χ2n) is 4.59. The van der Waals surface area contributed by atoms with Crippen molar-refractivity contribution >= 4 is 39.3 Å². The van der Waals surface area contributed by atoms with E-state index >= 15 is 0 Å². The first-order chi connectivity index (χ1) is 10.0. The third-order valence-corrected chi connectivity index (χ3v) is 4.23. The molecule has 0 unspecified atom stereocenters. The molecule has 1 aromatic rings. The normalized spacial score (nSPS) is 12.7. The van der Waals surface area contributed by atoms with Crippen LogP contribution in [-0.4, -0.2) is 36.0 Å². The highest BCUT2D eigenvalue weighted by Gasteiger charge is 2.18.